The highest BCUT2D eigenvalue weighted by Crippen LogP contribution is 2.29. The Morgan fingerprint density at radius 2 is 1.97 bits per heavy atom. The van der Waals surface area contributed by atoms with Crippen molar-refractivity contribution >= 4 is 16.0 Å². The van der Waals surface area contributed by atoms with Gasteiger partial charge in [0.1, 0.15) is 0 Å². The van der Waals surface area contributed by atoms with Crippen LogP contribution in [0.2, 0.25) is 0 Å². The zero-order valence-corrected chi connectivity index (χ0v) is 18.9. The van der Waals surface area contributed by atoms with Crippen LogP contribution < -0.4 is 15.4 Å². The van der Waals surface area contributed by atoms with Crippen LogP contribution in [0.1, 0.15) is 45.1 Å². The van der Waals surface area contributed by atoms with Crippen molar-refractivity contribution in [2.75, 3.05) is 27.3 Å². The number of hydrogen-bond donors (Lipinski definition) is 3. The van der Waals surface area contributed by atoms with Gasteiger partial charge in [0.25, 0.3) is 0 Å². The number of nitrogens with one attached hydrogen (secondary N) is 3. The lowest BCUT2D eigenvalue weighted by molar-refractivity contribution is 0.204. The third-order valence-electron chi connectivity index (χ3n) is 5.55. The minimum atomic E-state index is -3.54. The van der Waals surface area contributed by atoms with Crippen molar-refractivity contribution in [3.05, 3.63) is 29.8 Å². The summed E-state index contributed by atoms with van der Waals surface area (Å²) < 4.78 is 32.2. The molecule has 0 atom stereocenters. The van der Waals surface area contributed by atoms with Crippen LogP contribution in [0.3, 0.4) is 0 Å². The largest absolute Gasteiger partial charge is 0.383 e. The molecule has 0 amide bonds. The minimum absolute atomic E-state index is 0.247. The van der Waals surface area contributed by atoms with Gasteiger partial charge in [0.05, 0.1) is 11.5 Å². The van der Waals surface area contributed by atoms with Gasteiger partial charge in [-0.05, 0) is 55.2 Å². The molecule has 1 fully saturated rings. The summed E-state index contributed by atoms with van der Waals surface area (Å²) in [4.78, 5) is 4.58. The standard InChI is InChI=1S/C21H36N4O3S/c1-16(2)18-8-10-19(11-9-18)25-21(22-3)23-15-17-6-5-7-20(14-17)29(26,27)24-12-13-28-4/h5-7,14,16,18-19,24H,8-13,15H2,1-4H3,(H2,22,23,25). The van der Waals surface area contributed by atoms with Crippen LogP contribution in [0.5, 0.6) is 0 Å². The molecule has 0 aromatic heterocycles. The van der Waals surface area contributed by atoms with E-state index in [4.69, 9.17) is 4.74 Å². The average Bonchev–Trinajstić information content (AvgIpc) is 2.71. The molecule has 0 aliphatic heterocycles. The number of nitrogens with zero attached hydrogens (tertiary/aromatic N) is 1. The smallest absolute Gasteiger partial charge is 0.240 e. The normalized spacial score (nSPS) is 20.7. The van der Waals surface area contributed by atoms with Crippen molar-refractivity contribution in [2.45, 2.75) is 57.0 Å². The number of hydrogen-bond acceptors (Lipinski definition) is 4. The Bertz CT molecular complexity index is 757. The summed E-state index contributed by atoms with van der Waals surface area (Å²) in [5.41, 5.74) is 0.881. The zero-order valence-electron chi connectivity index (χ0n) is 18.1. The summed E-state index contributed by atoms with van der Waals surface area (Å²) in [6.45, 7) is 5.70. The molecule has 0 bridgehead atoms. The molecule has 1 aromatic carbocycles. The number of ether oxygens (including phenoxy) is 1. The summed E-state index contributed by atoms with van der Waals surface area (Å²) in [6, 6.07) is 7.38. The van der Waals surface area contributed by atoms with E-state index in [1.807, 2.05) is 6.07 Å². The Labute approximate surface area is 175 Å². The molecule has 0 heterocycles. The molecule has 1 aliphatic rings. The van der Waals surface area contributed by atoms with Crippen LogP contribution in [0.25, 0.3) is 0 Å². The van der Waals surface area contributed by atoms with Crippen LogP contribution in [-0.2, 0) is 21.3 Å². The molecule has 1 saturated carbocycles. The Kier molecular flexibility index (Phi) is 9.39. The minimum Gasteiger partial charge on any atom is -0.383 e. The first-order valence-corrected chi connectivity index (χ1v) is 11.9. The number of aliphatic imine (C=N–C) groups is 1. The van der Waals surface area contributed by atoms with E-state index in [1.54, 1.807) is 25.2 Å². The summed E-state index contributed by atoms with van der Waals surface area (Å²) in [5.74, 6) is 2.33. The van der Waals surface area contributed by atoms with E-state index in [9.17, 15) is 8.42 Å². The Morgan fingerprint density at radius 1 is 1.24 bits per heavy atom. The molecule has 1 aliphatic carbocycles. The first kappa shape index (κ1) is 23.6. The first-order valence-electron chi connectivity index (χ1n) is 10.4. The summed E-state index contributed by atoms with van der Waals surface area (Å²) in [6.07, 6.45) is 4.82. The van der Waals surface area contributed by atoms with Gasteiger partial charge >= 0.3 is 0 Å². The van der Waals surface area contributed by atoms with Crippen LogP contribution in [0, 0.1) is 11.8 Å². The number of sulfonamides is 1. The quantitative estimate of drug-likeness (QED) is 0.322. The van der Waals surface area contributed by atoms with Crippen molar-refractivity contribution < 1.29 is 13.2 Å². The highest BCUT2D eigenvalue weighted by Gasteiger charge is 2.23. The van der Waals surface area contributed by atoms with Crippen LogP contribution >= 0.6 is 0 Å². The topological polar surface area (TPSA) is 91.8 Å². The van der Waals surface area contributed by atoms with E-state index in [-0.39, 0.29) is 11.4 Å². The molecule has 29 heavy (non-hydrogen) atoms. The second-order valence-corrected chi connectivity index (χ2v) is 9.73. The van der Waals surface area contributed by atoms with Gasteiger partial charge in [-0.25, -0.2) is 13.1 Å². The van der Waals surface area contributed by atoms with E-state index < -0.39 is 10.0 Å². The van der Waals surface area contributed by atoms with Crippen molar-refractivity contribution in [1.82, 2.24) is 15.4 Å². The van der Waals surface area contributed by atoms with Crippen molar-refractivity contribution in [1.29, 1.82) is 0 Å². The van der Waals surface area contributed by atoms with Crippen LogP contribution in [-0.4, -0.2) is 47.7 Å². The molecule has 0 unspecified atom stereocenters. The third-order valence-corrected chi connectivity index (χ3v) is 7.00. The lowest BCUT2D eigenvalue weighted by atomic mass is 9.80. The van der Waals surface area contributed by atoms with Gasteiger partial charge in [0, 0.05) is 33.3 Å². The molecular weight excluding hydrogens is 388 g/mol. The van der Waals surface area contributed by atoms with Gasteiger partial charge in [-0.1, -0.05) is 26.0 Å². The van der Waals surface area contributed by atoms with Gasteiger partial charge in [0.2, 0.25) is 10.0 Å². The molecular formula is C21H36N4O3S. The number of methoxy groups -OCH3 is 1. The molecule has 3 N–H and O–H groups in total. The van der Waals surface area contributed by atoms with E-state index >= 15 is 0 Å². The van der Waals surface area contributed by atoms with Gasteiger partial charge in [-0.2, -0.15) is 0 Å². The maximum atomic E-state index is 12.4. The number of guanidine groups is 1. The second kappa shape index (κ2) is 11.5. The summed E-state index contributed by atoms with van der Waals surface area (Å²) >= 11 is 0. The lowest BCUT2D eigenvalue weighted by Crippen LogP contribution is -2.44. The van der Waals surface area contributed by atoms with Gasteiger partial charge in [-0.3, -0.25) is 4.99 Å². The highest BCUT2D eigenvalue weighted by atomic mass is 32.2. The van der Waals surface area contributed by atoms with E-state index in [1.165, 1.54) is 20.0 Å². The fraction of sp³-hybridized carbons (Fsp3) is 0.667. The molecule has 0 saturated heterocycles. The van der Waals surface area contributed by atoms with Crippen LogP contribution in [0.4, 0.5) is 0 Å². The molecule has 164 valence electrons. The Morgan fingerprint density at radius 3 is 2.59 bits per heavy atom. The molecule has 0 radical (unpaired) electrons. The maximum Gasteiger partial charge on any atom is 0.240 e. The molecule has 2 rings (SSSR count). The first-order chi connectivity index (χ1) is 13.9. The molecule has 0 spiro atoms. The second-order valence-electron chi connectivity index (χ2n) is 7.96. The maximum absolute atomic E-state index is 12.4. The summed E-state index contributed by atoms with van der Waals surface area (Å²) in [5, 5.41) is 6.81. The van der Waals surface area contributed by atoms with E-state index in [0.717, 1.165) is 36.2 Å². The van der Waals surface area contributed by atoms with E-state index in [0.29, 0.717) is 19.2 Å². The van der Waals surface area contributed by atoms with Crippen LogP contribution in [0.15, 0.2) is 34.2 Å². The zero-order chi connectivity index (χ0) is 21.3. The number of rotatable bonds is 9. The predicted octanol–water partition coefficient (Wildman–Crippen LogP) is 2.49. The molecule has 7 nitrogen and oxygen atoms in total. The molecule has 1 aromatic rings. The predicted molar refractivity (Wildman–Crippen MR) is 117 cm³/mol. The van der Waals surface area contributed by atoms with Gasteiger partial charge < -0.3 is 15.4 Å². The van der Waals surface area contributed by atoms with Crippen molar-refractivity contribution in [2.24, 2.45) is 16.8 Å². The SMILES string of the molecule is CN=C(NCc1cccc(S(=O)(=O)NCCOC)c1)NC1CCC(C(C)C)CC1. The summed E-state index contributed by atoms with van der Waals surface area (Å²) in [7, 11) is -0.239. The number of benzene rings is 1. The Hall–Kier alpha value is -1.64. The van der Waals surface area contributed by atoms with Gasteiger partial charge in [0.15, 0.2) is 5.96 Å². The highest BCUT2D eigenvalue weighted by molar-refractivity contribution is 7.89. The van der Waals surface area contributed by atoms with Gasteiger partial charge in [-0.15, -0.1) is 0 Å². The fourth-order valence-corrected chi connectivity index (χ4v) is 4.77. The molecule has 8 heteroatoms. The lowest BCUT2D eigenvalue weighted by Gasteiger charge is -2.32. The van der Waals surface area contributed by atoms with Crippen molar-refractivity contribution in [3.63, 3.8) is 0 Å². The fourth-order valence-electron chi connectivity index (χ4n) is 3.69. The van der Waals surface area contributed by atoms with E-state index in [2.05, 4.69) is 34.2 Å². The average molecular weight is 425 g/mol. The monoisotopic (exact) mass is 424 g/mol. The third kappa shape index (κ3) is 7.60. The van der Waals surface area contributed by atoms with Crippen molar-refractivity contribution in [3.8, 4) is 0 Å². The Balaban J connectivity index is 1.88.